The highest BCUT2D eigenvalue weighted by atomic mass is 16.6. The van der Waals surface area contributed by atoms with Gasteiger partial charge in [-0.1, -0.05) is 18.2 Å². The molecular weight excluding hydrogens is 392 g/mol. The van der Waals surface area contributed by atoms with Gasteiger partial charge in [-0.2, -0.15) is 0 Å². The van der Waals surface area contributed by atoms with Crippen LogP contribution in [0, 0.1) is 0 Å². The summed E-state index contributed by atoms with van der Waals surface area (Å²) in [5.74, 6) is -0.828. The number of benzene rings is 2. The minimum atomic E-state index is -1.60. The van der Waals surface area contributed by atoms with Crippen LogP contribution in [0.4, 0.5) is 0 Å². The first-order valence-corrected chi connectivity index (χ1v) is 9.56. The van der Waals surface area contributed by atoms with Crippen molar-refractivity contribution in [3.63, 3.8) is 0 Å². The van der Waals surface area contributed by atoms with E-state index < -0.39 is 42.8 Å². The third-order valence-corrected chi connectivity index (χ3v) is 5.24. The fourth-order valence-corrected chi connectivity index (χ4v) is 3.58. The molecule has 0 saturated carbocycles. The van der Waals surface area contributed by atoms with Crippen molar-refractivity contribution < 1.29 is 34.7 Å². The largest absolute Gasteiger partial charge is 0.453 e. The SMILES string of the molecule is CC(O)c1cccc2nc3c(C(=O)O[C@@H]4[C@@H](O)[C@H](C)O[C@H](O)[C@H]4O)cccc3nc12. The number of esters is 1. The van der Waals surface area contributed by atoms with Gasteiger partial charge < -0.3 is 29.9 Å². The van der Waals surface area contributed by atoms with E-state index in [1.54, 1.807) is 37.3 Å². The van der Waals surface area contributed by atoms with Crippen molar-refractivity contribution in [2.75, 3.05) is 0 Å². The van der Waals surface area contributed by atoms with Gasteiger partial charge in [0.25, 0.3) is 0 Å². The second-order valence-corrected chi connectivity index (χ2v) is 7.37. The lowest BCUT2D eigenvalue weighted by Gasteiger charge is -2.38. The maximum atomic E-state index is 12.9. The Bertz CT molecular complexity index is 1090. The average molecular weight is 414 g/mol. The molecule has 0 aliphatic carbocycles. The zero-order chi connectivity index (χ0) is 21.6. The van der Waals surface area contributed by atoms with Gasteiger partial charge in [0.15, 0.2) is 12.4 Å². The van der Waals surface area contributed by atoms with E-state index in [0.717, 1.165) is 0 Å². The molecule has 1 aliphatic heterocycles. The maximum absolute atomic E-state index is 12.9. The summed E-state index contributed by atoms with van der Waals surface area (Å²) in [6.45, 7) is 3.13. The molecule has 1 fully saturated rings. The van der Waals surface area contributed by atoms with Crippen molar-refractivity contribution in [2.45, 2.75) is 50.7 Å². The van der Waals surface area contributed by atoms with Gasteiger partial charge in [-0.05, 0) is 32.0 Å². The average Bonchev–Trinajstić information content (AvgIpc) is 2.72. The van der Waals surface area contributed by atoms with Crippen molar-refractivity contribution in [1.29, 1.82) is 0 Å². The molecule has 3 aromatic rings. The van der Waals surface area contributed by atoms with Gasteiger partial charge >= 0.3 is 5.97 Å². The highest BCUT2D eigenvalue weighted by Crippen LogP contribution is 2.27. The Labute approximate surface area is 171 Å². The number of para-hydroxylation sites is 2. The van der Waals surface area contributed by atoms with Gasteiger partial charge in [-0.25, -0.2) is 14.8 Å². The zero-order valence-corrected chi connectivity index (χ0v) is 16.3. The topological polar surface area (TPSA) is 142 Å². The number of aromatic nitrogens is 2. The predicted molar refractivity (Wildman–Crippen MR) is 105 cm³/mol. The van der Waals surface area contributed by atoms with Crippen molar-refractivity contribution in [1.82, 2.24) is 9.97 Å². The van der Waals surface area contributed by atoms with Crippen molar-refractivity contribution >= 4 is 28.0 Å². The first kappa shape index (κ1) is 20.6. The van der Waals surface area contributed by atoms with Gasteiger partial charge in [0, 0.05) is 5.56 Å². The second kappa shape index (κ2) is 7.86. The van der Waals surface area contributed by atoms with Gasteiger partial charge in [0.05, 0.1) is 34.3 Å². The molecule has 2 heterocycles. The van der Waals surface area contributed by atoms with Gasteiger partial charge in [0.1, 0.15) is 17.7 Å². The van der Waals surface area contributed by atoms with Crippen molar-refractivity contribution in [3.05, 3.63) is 47.5 Å². The van der Waals surface area contributed by atoms with Crippen LogP contribution in [0.15, 0.2) is 36.4 Å². The Morgan fingerprint density at radius 2 is 1.67 bits per heavy atom. The van der Waals surface area contributed by atoms with E-state index in [1.165, 1.54) is 13.0 Å². The highest BCUT2D eigenvalue weighted by molar-refractivity contribution is 6.03. The minimum absolute atomic E-state index is 0.0948. The number of carbonyl (C=O) groups excluding carboxylic acids is 1. The molecule has 9 heteroatoms. The zero-order valence-electron chi connectivity index (χ0n) is 16.3. The fourth-order valence-electron chi connectivity index (χ4n) is 3.58. The molecule has 1 aromatic heterocycles. The summed E-state index contributed by atoms with van der Waals surface area (Å²) in [6, 6.07) is 10.0. The number of aliphatic hydroxyl groups excluding tert-OH is 4. The molecule has 4 N–H and O–H groups in total. The lowest BCUT2D eigenvalue weighted by molar-refractivity contribution is -0.276. The quantitative estimate of drug-likeness (QED) is 0.362. The monoisotopic (exact) mass is 414 g/mol. The summed E-state index contributed by atoms with van der Waals surface area (Å²) in [6.07, 6.45) is -7.45. The Hall–Kier alpha value is -2.69. The summed E-state index contributed by atoms with van der Waals surface area (Å²) in [4.78, 5) is 22.0. The molecule has 158 valence electrons. The van der Waals surface area contributed by atoms with E-state index in [9.17, 15) is 25.2 Å². The lowest BCUT2D eigenvalue weighted by atomic mass is 9.99. The molecule has 0 spiro atoms. The van der Waals surface area contributed by atoms with Crippen LogP contribution in [-0.4, -0.2) is 67.1 Å². The van der Waals surface area contributed by atoms with Crippen LogP contribution < -0.4 is 0 Å². The molecule has 1 unspecified atom stereocenters. The number of carbonyl (C=O) groups is 1. The molecule has 6 atom stereocenters. The van der Waals surface area contributed by atoms with Crippen LogP contribution in [0.1, 0.15) is 35.9 Å². The third-order valence-electron chi connectivity index (χ3n) is 5.24. The molecule has 1 saturated heterocycles. The van der Waals surface area contributed by atoms with Crippen molar-refractivity contribution in [2.24, 2.45) is 0 Å². The summed E-state index contributed by atoms with van der Waals surface area (Å²) in [5.41, 5.74) is 2.44. The van der Waals surface area contributed by atoms with E-state index in [-0.39, 0.29) is 11.1 Å². The molecule has 0 radical (unpaired) electrons. The van der Waals surface area contributed by atoms with Gasteiger partial charge in [-0.15, -0.1) is 0 Å². The Balaban J connectivity index is 1.74. The predicted octanol–water partition coefficient (Wildman–Crippen LogP) is 0.821. The molecule has 30 heavy (non-hydrogen) atoms. The van der Waals surface area contributed by atoms with Crippen LogP contribution in [0.2, 0.25) is 0 Å². The molecule has 1 aliphatic rings. The number of fused-ring (bicyclic) bond motifs is 2. The van der Waals surface area contributed by atoms with Crippen molar-refractivity contribution in [3.8, 4) is 0 Å². The van der Waals surface area contributed by atoms with E-state index >= 15 is 0 Å². The van der Waals surface area contributed by atoms with Gasteiger partial charge in [0.2, 0.25) is 0 Å². The van der Waals surface area contributed by atoms with E-state index in [1.807, 2.05) is 0 Å². The molecular formula is C21H22N2O7. The van der Waals surface area contributed by atoms with Crippen LogP contribution in [0.3, 0.4) is 0 Å². The first-order valence-electron chi connectivity index (χ1n) is 9.56. The smallest absolute Gasteiger partial charge is 0.340 e. The number of hydrogen-bond acceptors (Lipinski definition) is 9. The number of nitrogens with zero attached hydrogens (tertiary/aromatic N) is 2. The van der Waals surface area contributed by atoms with E-state index in [4.69, 9.17) is 9.47 Å². The standard InChI is InChI=1S/C21H22N2O7/c1-9(24)11-5-3-7-13-15(11)22-14-8-4-6-12(16(14)23-13)20(27)30-19-17(25)10(2)29-21(28)18(19)26/h3-10,17-19,21,24-26,28H,1-2H3/t9?,10-,17-,18-,19+,21-/m0/s1. The fraction of sp³-hybridized carbons (Fsp3) is 0.381. The van der Waals surface area contributed by atoms with E-state index in [2.05, 4.69) is 9.97 Å². The summed E-state index contributed by atoms with van der Waals surface area (Å²) >= 11 is 0. The number of rotatable bonds is 3. The number of ether oxygens (including phenoxy) is 2. The Morgan fingerprint density at radius 3 is 2.37 bits per heavy atom. The van der Waals surface area contributed by atoms with E-state index in [0.29, 0.717) is 22.1 Å². The summed E-state index contributed by atoms with van der Waals surface area (Å²) in [7, 11) is 0. The van der Waals surface area contributed by atoms with Crippen LogP contribution in [-0.2, 0) is 9.47 Å². The molecule has 4 rings (SSSR count). The van der Waals surface area contributed by atoms with Crippen LogP contribution >= 0.6 is 0 Å². The summed E-state index contributed by atoms with van der Waals surface area (Å²) in [5, 5.41) is 40.1. The number of hydrogen-bond donors (Lipinski definition) is 4. The molecule has 0 amide bonds. The number of aliphatic hydroxyl groups is 4. The Morgan fingerprint density at radius 1 is 1.03 bits per heavy atom. The first-order chi connectivity index (χ1) is 14.3. The lowest BCUT2D eigenvalue weighted by Crippen LogP contribution is -2.58. The normalized spacial score (nSPS) is 27.9. The van der Waals surface area contributed by atoms with Crippen LogP contribution in [0.25, 0.3) is 22.1 Å². The third kappa shape index (κ3) is 3.51. The maximum Gasteiger partial charge on any atom is 0.340 e. The summed E-state index contributed by atoms with van der Waals surface area (Å²) < 4.78 is 10.3. The van der Waals surface area contributed by atoms with Gasteiger partial charge in [-0.3, -0.25) is 0 Å². The molecule has 0 bridgehead atoms. The molecule has 2 aromatic carbocycles. The molecule has 9 nitrogen and oxygen atoms in total. The van der Waals surface area contributed by atoms with Crippen LogP contribution in [0.5, 0.6) is 0 Å². The Kier molecular flexibility index (Phi) is 5.39. The second-order valence-electron chi connectivity index (χ2n) is 7.37. The minimum Gasteiger partial charge on any atom is -0.453 e. The highest BCUT2D eigenvalue weighted by Gasteiger charge is 2.44.